The Labute approximate surface area is 197 Å². The third kappa shape index (κ3) is 4.79. The number of ketones is 1. The first-order valence-corrected chi connectivity index (χ1v) is 10.8. The van der Waals surface area contributed by atoms with E-state index >= 15 is 0 Å². The highest BCUT2D eigenvalue weighted by atomic mass is 79.9. The molecule has 0 aliphatic rings. The highest BCUT2D eigenvalue weighted by Crippen LogP contribution is 2.25. The highest BCUT2D eigenvalue weighted by Gasteiger charge is 2.21. The molecule has 0 aliphatic carbocycles. The number of hydrogen-bond acceptors (Lipinski definition) is 5. The first-order chi connectivity index (χ1) is 15.4. The Bertz CT molecular complexity index is 1290. The molecule has 32 heavy (non-hydrogen) atoms. The average molecular weight is 511 g/mol. The molecule has 1 aromatic heterocycles. The molecule has 0 saturated heterocycles. The number of Topliss-reactive ketones (excluding diaryl/α,β-unsaturated/α-hetero) is 1. The molecule has 0 unspecified atom stereocenters. The molecule has 0 bridgehead atoms. The van der Waals surface area contributed by atoms with Crippen molar-refractivity contribution in [2.75, 3.05) is 6.61 Å². The van der Waals surface area contributed by atoms with Crippen LogP contribution in [0.1, 0.15) is 26.5 Å². The lowest BCUT2D eigenvalue weighted by molar-refractivity contribution is 0.0462. The smallest absolute Gasteiger partial charge is 0.378 e. The predicted octanol–water partition coefficient (Wildman–Crippen LogP) is 5.70. The van der Waals surface area contributed by atoms with E-state index in [-0.39, 0.29) is 11.6 Å². The number of esters is 1. The largest absolute Gasteiger partial charge is 0.451 e. The zero-order valence-electron chi connectivity index (χ0n) is 17.0. The molecule has 0 radical (unpaired) electrons. The zero-order chi connectivity index (χ0) is 22.7. The van der Waals surface area contributed by atoms with Crippen molar-refractivity contribution in [3.05, 3.63) is 99.2 Å². The molecule has 4 aromatic rings. The number of carbonyl (C=O) groups is 2. The molecule has 1 heterocycles. The summed E-state index contributed by atoms with van der Waals surface area (Å²) in [5.74, 6) is -0.802. The summed E-state index contributed by atoms with van der Waals surface area (Å²) in [4.78, 5) is 29.3. The molecule has 0 saturated carbocycles. The molecule has 6 nitrogen and oxygen atoms in total. The second-order valence-corrected chi connectivity index (χ2v) is 8.30. The van der Waals surface area contributed by atoms with Crippen molar-refractivity contribution < 1.29 is 14.3 Å². The molecule has 3 aromatic carbocycles. The fourth-order valence-electron chi connectivity index (χ4n) is 2.98. The third-order valence-electron chi connectivity index (χ3n) is 4.72. The van der Waals surface area contributed by atoms with Gasteiger partial charge in [-0.1, -0.05) is 76.1 Å². The monoisotopic (exact) mass is 509 g/mol. The minimum Gasteiger partial charge on any atom is -0.451 e. The van der Waals surface area contributed by atoms with Gasteiger partial charge in [0.05, 0.1) is 5.69 Å². The quantitative estimate of drug-likeness (QED) is 0.246. The Balaban J connectivity index is 1.61. The molecule has 0 atom stereocenters. The summed E-state index contributed by atoms with van der Waals surface area (Å²) in [6.45, 7) is 1.49. The van der Waals surface area contributed by atoms with Gasteiger partial charge in [-0.05, 0) is 36.8 Å². The average Bonchev–Trinajstić information content (AvgIpc) is 3.26. The van der Waals surface area contributed by atoms with Gasteiger partial charge in [-0.15, -0.1) is 5.10 Å². The van der Waals surface area contributed by atoms with Crippen molar-refractivity contribution in [1.82, 2.24) is 14.8 Å². The molecule has 0 spiro atoms. The minimum absolute atomic E-state index is 0.149. The van der Waals surface area contributed by atoms with Crippen LogP contribution in [0.25, 0.3) is 17.1 Å². The third-order valence-corrected chi connectivity index (χ3v) is 5.66. The highest BCUT2D eigenvalue weighted by molar-refractivity contribution is 9.10. The molecule has 8 heteroatoms. The molecule has 0 N–H and O–H groups in total. The first-order valence-electron chi connectivity index (χ1n) is 9.67. The summed E-state index contributed by atoms with van der Waals surface area (Å²) in [7, 11) is 0. The van der Waals surface area contributed by atoms with Crippen LogP contribution in [0.4, 0.5) is 0 Å². The molecular weight excluding hydrogens is 494 g/mol. The van der Waals surface area contributed by atoms with Crippen LogP contribution in [0.2, 0.25) is 5.02 Å². The number of benzene rings is 3. The van der Waals surface area contributed by atoms with Crippen molar-refractivity contribution in [3.8, 4) is 17.1 Å². The van der Waals surface area contributed by atoms with Gasteiger partial charge in [-0.3, -0.25) is 4.79 Å². The Kier molecular flexibility index (Phi) is 6.48. The molecule has 0 fully saturated rings. The van der Waals surface area contributed by atoms with E-state index in [0.29, 0.717) is 22.1 Å². The number of aryl methyl sites for hydroxylation is 1. The summed E-state index contributed by atoms with van der Waals surface area (Å²) in [6, 6.07) is 21.6. The van der Waals surface area contributed by atoms with Gasteiger partial charge in [0.15, 0.2) is 18.2 Å². The topological polar surface area (TPSA) is 74.1 Å². The summed E-state index contributed by atoms with van der Waals surface area (Å²) in [6.07, 6.45) is 0. The molecular formula is C24H17BrClN3O3. The summed E-state index contributed by atoms with van der Waals surface area (Å²) >= 11 is 9.61. The normalized spacial score (nSPS) is 10.7. The number of nitrogens with zero attached hydrogens (tertiary/aromatic N) is 3. The fraction of sp³-hybridized carbons (Fsp3) is 0.0833. The van der Waals surface area contributed by atoms with Crippen molar-refractivity contribution in [2.24, 2.45) is 0 Å². The van der Waals surface area contributed by atoms with E-state index in [2.05, 4.69) is 26.0 Å². The second-order valence-electron chi connectivity index (χ2n) is 6.98. The standard InChI is InChI=1S/C24H17BrClN3O3/c1-15-7-12-19(13-20(15)26)29-23(17-5-3-2-4-6-17)27-22(28-29)24(31)32-14-21(30)16-8-10-18(25)11-9-16/h2-13H,14H2,1H3. The lowest BCUT2D eigenvalue weighted by Crippen LogP contribution is -2.15. The summed E-state index contributed by atoms with van der Waals surface area (Å²) in [5, 5.41) is 4.92. The van der Waals surface area contributed by atoms with Gasteiger partial charge in [0.1, 0.15) is 0 Å². The van der Waals surface area contributed by atoms with Crippen molar-refractivity contribution >= 4 is 39.3 Å². The van der Waals surface area contributed by atoms with E-state index in [9.17, 15) is 9.59 Å². The zero-order valence-corrected chi connectivity index (χ0v) is 19.3. The number of rotatable bonds is 6. The summed E-state index contributed by atoms with van der Waals surface area (Å²) in [5.41, 5.74) is 2.78. The Morgan fingerprint density at radius 3 is 2.44 bits per heavy atom. The SMILES string of the molecule is Cc1ccc(-n2nc(C(=O)OCC(=O)c3ccc(Br)cc3)nc2-c2ccccc2)cc1Cl. The van der Waals surface area contributed by atoms with Crippen molar-refractivity contribution in [2.45, 2.75) is 6.92 Å². The van der Waals surface area contributed by atoms with E-state index in [1.807, 2.05) is 49.4 Å². The van der Waals surface area contributed by atoms with E-state index in [1.54, 1.807) is 30.3 Å². The van der Waals surface area contributed by atoms with Crippen LogP contribution < -0.4 is 0 Å². The van der Waals surface area contributed by atoms with E-state index in [0.717, 1.165) is 15.6 Å². The molecule has 4 rings (SSSR count). The maximum absolute atomic E-state index is 12.6. The van der Waals surface area contributed by atoms with E-state index in [1.165, 1.54) is 4.68 Å². The predicted molar refractivity (Wildman–Crippen MR) is 125 cm³/mol. The van der Waals surface area contributed by atoms with E-state index in [4.69, 9.17) is 16.3 Å². The van der Waals surface area contributed by atoms with Gasteiger partial charge in [0.25, 0.3) is 5.82 Å². The Morgan fingerprint density at radius 2 is 1.75 bits per heavy atom. The van der Waals surface area contributed by atoms with Crippen LogP contribution in [0.15, 0.2) is 77.3 Å². The van der Waals surface area contributed by atoms with Gasteiger partial charge >= 0.3 is 5.97 Å². The van der Waals surface area contributed by atoms with Gasteiger partial charge in [-0.2, -0.15) is 0 Å². The van der Waals surface area contributed by atoms with Crippen molar-refractivity contribution in [3.63, 3.8) is 0 Å². The number of carbonyl (C=O) groups excluding carboxylic acids is 2. The minimum atomic E-state index is -0.787. The van der Waals surface area contributed by atoms with Crippen molar-refractivity contribution in [1.29, 1.82) is 0 Å². The maximum Gasteiger partial charge on any atom is 0.378 e. The maximum atomic E-state index is 12.6. The Hall–Kier alpha value is -3.29. The van der Waals surface area contributed by atoms with Crippen LogP contribution >= 0.6 is 27.5 Å². The Morgan fingerprint density at radius 1 is 1.03 bits per heavy atom. The second kappa shape index (κ2) is 9.46. The van der Waals surface area contributed by atoms with E-state index < -0.39 is 12.6 Å². The number of hydrogen-bond donors (Lipinski definition) is 0. The van der Waals surface area contributed by atoms with Gasteiger partial charge in [0, 0.05) is 20.6 Å². The van der Waals surface area contributed by atoms with Gasteiger partial charge in [0.2, 0.25) is 0 Å². The first kappa shape index (κ1) is 21.9. The van der Waals surface area contributed by atoms with Crippen LogP contribution in [0, 0.1) is 6.92 Å². The number of aromatic nitrogens is 3. The number of ether oxygens (including phenoxy) is 1. The molecule has 160 valence electrons. The van der Waals surface area contributed by atoms with Gasteiger partial charge in [-0.25, -0.2) is 14.5 Å². The van der Waals surface area contributed by atoms with Crippen LogP contribution in [-0.4, -0.2) is 33.1 Å². The lowest BCUT2D eigenvalue weighted by Gasteiger charge is -2.07. The fourth-order valence-corrected chi connectivity index (χ4v) is 3.42. The van der Waals surface area contributed by atoms with Crippen LogP contribution in [0.3, 0.4) is 0 Å². The lowest BCUT2D eigenvalue weighted by atomic mass is 10.1. The number of halogens is 2. The molecule has 0 aliphatic heterocycles. The van der Waals surface area contributed by atoms with Gasteiger partial charge < -0.3 is 4.74 Å². The molecule has 0 amide bonds. The van der Waals surface area contributed by atoms with Crippen LogP contribution in [0.5, 0.6) is 0 Å². The summed E-state index contributed by atoms with van der Waals surface area (Å²) < 4.78 is 7.58. The van der Waals surface area contributed by atoms with Crippen LogP contribution in [-0.2, 0) is 4.74 Å².